The van der Waals surface area contributed by atoms with E-state index in [-0.39, 0.29) is 0 Å². The molecule has 0 spiro atoms. The summed E-state index contributed by atoms with van der Waals surface area (Å²) in [7, 11) is 1.61. The third kappa shape index (κ3) is 3.31. The van der Waals surface area contributed by atoms with Crippen LogP contribution in [0.1, 0.15) is 26.2 Å². The van der Waals surface area contributed by atoms with E-state index in [4.69, 9.17) is 4.74 Å². The number of hydrogen-bond acceptors (Lipinski definition) is 4. The number of halogens is 1. The van der Waals surface area contributed by atoms with Crippen molar-refractivity contribution in [2.24, 2.45) is 11.8 Å². The minimum Gasteiger partial charge on any atom is -0.480 e. The minimum absolute atomic E-state index is 0.572. The van der Waals surface area contributed by atoms with Crippen LogP contribution >= 0.6 is 15.9 Å². The largest absolute Gasteiger partial charge is 0.480 e. The van der Waals surface area contributed by atoms with Crippen molar-refractivity contribution in [3.05, 3.63) is 10.7 Å². The van der Waals surface area contributed by atoms with Crippen LogP contribution in [0.5, 0.6) is 5.88 Å². The Labute approximate surface area is 110 Å². The summed E-state index contributed by atoms with van der Waals surface area (Å²) in [5, 5.41) is 3.29. The highest BCUT2D eigenvalue weighted by Crippen LogP contribution is 2.30. The molecular weight excluding hydrogens is 282 g/mol. The summed E-state index contributed by atoms with van der Waals surface area (Å²) in [6.45, 7) is 3.27. The molecule has 0 aromatic carbocycles. The van der Waals surface area contributed by atoms with Crippen molar-refractivity contribution in [1.82, 2.24) is 9.97 Å². The molecule has 1 aromatic rings. The smallest absolute Gasteiger partial charge is 0.232 e. The van der Waals surface area contributed by atoms with Crippen LogP contribution in [0.4, 0.5) is 5.95 Å². The van der Waals surface area contributed by atoms with E-state index in [1.807, 2.05) is 0 Å². The number of methoxy groups -OCH3 is 1. The zero-order valence-corrected chi connectivity index (χ0v) is 11.8. The van der Waals surface area contributed by atoms with Gasteiger partial charge in [-0.15, -0.1) is 0 Å². The van der Waals surface area contributed by atoms with Crippen LogP contribution in [0, 0.1) is 11.8 Å². The number of ether oxygens (including phenoxy) is 1. The molecule has 2 atom stereocenters. The van der Waals surface area contributed by atoms with E-state index in [0.29, 0.717) is 11.8 Å². The van der Waals surface area contributed by atoms with Crippen molar-refractivity contribution in [2.75, 3.05) is 19.0 Å². The Kier molecular flexibility index (Phi) is 4.20. The Hall–Kier alpha value is -0.840. The molecule has 0 saturated heterocycles. The molecule has 4 nitrogen and oxygen atoms in total. The van der Waals surface area contributed by atoms with Crippen molar-refractivity contribution in [3.8, 4) is 5.88 Å². The monoisotopic (exact) mass is 299 g/mol. The molecule has 1 N–H and O–H groups in total. The zero-order valence-electron chi connectivity index (χ0n) is 10.2. The van der Waals surface area contributed by atoms with Gasteiger partial charge in [-0.3, -0.25) is 0 Å². The van der Waals surface area contributed by atoms with Crippen molar-refractivity contribution < 1.29 is 4.74 Å². The molecule has 1 fully saturated rings. The highest BCUT2D eigenvalue weighted by Gasteiger charge is 2.21. The highest BCUT2D eigenvalue weighted by molar-refractivity contribution is 9.10. The number of nitrogens with one attached hydrogen (secondary N) is 1. The predicted molar refractivity (Wildman–Crippen MR) is 71.3 cm³/mol. The van der Waals surface area contributed by atoms with E-state index >= 15 is 0 Å². The molecule has 1 aliphatic carbocycles. The first kappa shape index (κ1) is 12.6. The molecule has 0 aliphatic heterocycles. The van der Waals surface area contributed by atoms with Gasteiger partial charge < -0.3 is 10.1 Å². The topological polar surface area (TPSA) is 47.0 Å². The Morgan fingerprint density at radius 1 is 1.53 bits per heavy atom. The fourth-order valence-electron chi connectivity index (χ4n) is 2.33. The Morgan fingerprint density at radius 3 is 3.00 bits per heavy atom. The van der Waals surface area contributed by atoms with E-state index in [1.165, 1.54) is 19.3 Å². The van der Waals surface area contributed by atoms with Gasteiger partial charge in [0.25, 0.3) is 0 Å². The number of anilines is 1. The van der Waals surface area contributed by atoms with Crippen LogP contribution in [0.3, 0.4) is 0 Å². The third-order valence-electron chi connectivity index (χ3n) is 3.26. The first-order chi connectivity index (χ1) is 8.19. The normalized spacial score (nSPS) is 23.7. The second kappa shape index (κ2) is 5.67. The van der Waals surface area contributed by atoms with Crippen LogP contribution in [0.25, 0.3) is 0 Å². The molecule has 0 radical (unpaired) electrons. The zero-order chi connectivity index (χ0) is 12.3. The lowest BCUT2D eigenvalue weighted by Crippen LogP contribution is -2.13. The lowest BCUT2D eigenvalue weighted by atomic mass is 10.1. The number of aromatic nitrogens is 2. The van der Waals surface area contributed by atoms with E-state index in [0.717, 1.165) is 22.9 Å². The summed E-state index contributed by atoms with van der Waals surface area (Å²) in [5.41, 5.74) is 0. The maximum absolute atomic E-state index is 5.14. The molecule has 1 aromatic heterocycles. The molecule has 5 heteroatoms. The molecule has 2 unspecified atom stereocenters. The molecule has 2 rings (SSSR count). The summed E-state index contributed by atoms with van der Waals surface area (Å²) in [4.78, 5) is 8.50. The fraction of sp³-hybridized carbons (Fsp3) is 0.667. The first-order valence-electron chi connectivity index (χ1n) is 5.99. The molecule has 1 saturated carbocycles. The number of hydrogen-bond donors (Lipinski definition) is 1. The van der Waals surface area contributed by atoms with Crippen LogP contribution in [-0.2, 0) is 0 Å². The predicted octanol–water partition coefficient (Wildman–Crippen LogP) is 3.10. The minimum atomic E-state index is 0.572. The van der Waals surface area contributed by atoms with Crippen molar-refractivity contribution in [2.45, 2.75) is 26.2 Å². The quantitative estimate of drug-likeness (QED) is 0.928. The second-order valence-corrected chi connectivity index (χ2v) is 5.57. The Bertz CT molecular complexity index is 386. The summed E-state index contributed by atoms with van der Waals surface area (Å²) in [6.07, 6.45) is 5.67. The average molecular weight is 300 g/mol. The van der Waals surface area contributed by atoms with E-state index in [9.17, 15) is 0 Å². The van der Waals surface area contributed by atoms with E-state index < -0.39 is 0 Å². The SMILES string of the molecule is COc1nc(NCC2CCC(C)C2)ncc1Br. The summed E-state index contributed by atoms with van der Waals surface area (Å²) in [6, 6.07) is 0. The van der Waals surface area contributed by atoms with Crippen LogP contribution in [0.15, 0.2) is 10.7 Å². The van der Waals surface area contributed by atoms with E-state index in [2.05, 4.69) is 38.1 Å². The van der Waals surface area contributed by atoms with Gasteiger partial charge in [0.15, 0.2) is 0 Å². The maximum Gasteiger partial charge on any atom is 0.232 e. The van der Waals surface area contributed by atoms with Crippen molar-refractivity contribution in [3.63, 3.8) is 0 Å². The van der Waals surface area contributed by atoms with Crippen LogP contribution in [0.2, 0.25) is 0 Å². The molecule has 1 aliphatic rings. The van der Waals surface area contributed by atoms with Gasteiger partial charge in [0, 0.05) is 6.54 Å². The molecular formula is C12H18BrN3O. The highest BCUT2D eigenvalue weighted by atomic mass is 79.9. The number of rotatable bonds is 4. The van der Waals surface area contributed by atoms with Gasteiger partial charge in [0.2, 0.25) is 11.8 Å². The van der Waals surface area contributed by atoms with Gasteiger partial charge in [-0.05, 0) is 40.6 Å². The van der Waals surface area contributed by atoms with Gasteiger partial charge in [0.05, 0.1) is 17.8 Å². The van der Waals surface area contributed by atoms with Crippen molar-refractivity contribution >= 4 is 21.9 Å². The maximum atomic E-state index is 5.14. The van der Waals surface area contributed by atoms with Crippen LogP contribution < -0.4 is 10.1 Å². The van der Waals surface area contributed by atoms with Gasteiger partial charge >= 0.3 is 0 Å². The van der Waals surface area contributed by atoms with Gasteiger partial charge in [-0.25, -0.2) is 4.98 Å². The standard InChI is InChI=1S/C12H18BrN3O/c1-8-3-4-9(5-8)6-14-12-15-7-10(13)11(16-12)17-2/h7-9H,3-6H2,1-2H3,(H,14,15,16). The lowest BCUT2D eigenvalue weighted by molar-refractivity contribution is 0.394. The Balaban J connectivity index is 1.90. The fourth-order valence-corrected chi connectivity index (χ4v) is 2.68. The van der Waals surface area contributed by atoms with Crippen molar-refractivity contribution in [1.29, 1.82) is 0 Å². The second-order valence-electron chi connectivity index (χ2n) is 4.72. The summed E-state index contributed by atoms with van der Waals surface area (Å²) >= 11 is 3.34. The average Bonchev–Trinajstić information content (AvgIpc) is 2.74. The molecule has 1 heterocycles. The molecule has 0 bridgehead atoms. The van der Waals surface area contributed by atoms with E-state index in [1.54, 1.807) is 13.3 Å². The van der Waals surface area contributed by atoms with Gasteiger partial charge in [-0.1, -0.05) is 13.3 Å². The lowest BCUT2D eigenvalue weighted by Gasteiger charge is -2.11. The molecule has 0 amide bonds. The number of nitrogens with zero attached hydrogens (tertiary/aromatic N) is 2. The summed E-state index contributed by atoms with van der Waals surface area (Å²) in [5.74, 6) is 2.83. The Morgan fingerprint density at radius 2 is 2.35 bits per heavy atom. The van der Waals surface area contributed by atoms with Crippen LogP contribution in [-0.4, -0.2) is 23.6 Å². The van der Waals surface area contributed by atoms with Gasteiger partial charge in [-0.2, -0.15) is 4.98 Å². The first-order valence-corrected chi connectivity index (χ1v) is 6.78. The third-order valence-corrected chi connectivity index (χ3v) is 3.80. The molecule has 94 valence electrons. The van der Waals surface area contributed by atoms with Gasteiger partial charge in [0.1, 0.15) is 0 Å². The summed E-state index contributed by atoms with van der Waals surface area (Å²) < 4.78 is 5.91. The molecule has 17 heavy (non-hydrogen) atoms.